The molecule has 38 heavy (non-hydrogen) atoms. The van der Waals surface area contributed by atoms with Gasteiger partial charge in [0.1, 0.15) is 6.10 Å². The largest absolute Gasteiger partial charge is 0.479 e. The summed E-state index contributed by atoms with van der Waals surface area (Å²) in [5.74, 6) is -1.61. The minimum Gasteiger partial charge on any atom is -0.479 e. The number of fused-ring (bicyclic) bond motifs is 7. The maximum Gasteiger partial charge on any atom is 0.339 e. The van der Waals surface area contributed by atoms with Gasteiger partial charge in [-0.2, -0.15) is 0 Å². The Labute approximate surface area is 228 Å². The first-order chi connectivity index (χ1) is 17.3. The quantitative estimate of drug-likeness (QED) is 0.317. The minimum atomic E-state index is -2.55. The highest BCUT2D eigenvalue weighted by Gasteiger charge is 2.79. The van der Waals surface area contributed by atoms with Gasteiger partial charge in [0.15, 0.2) is 5.60 Å². The summed E-state index contributed by atoms with van der Waals surface area (Å²) in [5, 5.41) is 67.4. The van der Waals surface area contributed by atoms with Gasteiger partial charge in [-0.15, -0.1) is 0 Å². The van der Waals surface area contributed by atoms with Gasteiger partial charge in [0, 0.05) is 10.8 Å². The van der Waals surface area contributed by atoms with Crippen LogP contribution in [-0.2, 0) is 4.79 Å². The molecule has 5 fully saturated rings. The van der Waals surface area contributed by atoms with E-state index >= 15 is 0 Å². The van der Waals surface area contributed by atoms with Gasteiger partial charge in [-0.05, 0) is 104 Å². The molecule has 0 radical (unpaired) electrons. The summed E-state index contributed by atoms with van der Waals surface area (Å²) >= 11 is 0. The molecule has 5 saturated carbocycles. The normalized spacial score (nSPS) is 62.2. The Hall–Kier alpha value is -0.730. The fourth-order valence-electron chi connectivity index (χ4n) is 12.2. The van der Waals surface area contributed by atoms with E-state index < -0.39 is 52.7 Å². The first kappa shape index (κ1) is 28.8. The van der Waals surface area contributed by atoms with Crippen molar-refractivity contribution < 1.29 is 35.4 Å². The topological polar surface area (TPSA) is 138 Å². The van der Waals surface area contributed by atoms with Crippen molar-refractivity contribution in [1.29, 1.82) is 0 Å². The zero-order valence-electron chi connectivity index (χ0n) is 24.5. The molecule has 0 aromatic heterocycles. The van der Waals surface area contributed by atoms with Crippen molar-refractivity contribution in [3.63, 3.8) is 0 Å². The van der Waals surface area contributed by atoms with E-state index in [-0.39, 0.29) is 39.9 Å². The van der Waals surface area contributed by atoms with Gasteiger partial charge >= 0.3 is 5.97 Å². The summed E-state index contributed by atoms with van der Waals surface area (Å²) < 4.78 is 0. The van der Waals surface area contributed by atoms with Crippen LogP contribution in [0, 0.1) is 56.7 Å². The highest BCUT2D eigenvalue weighted by Crippen LogP contribution is 2.78. The van der Waals surface area contributed by atoms with Gasteiger partial charge in [0.2, 0.25) is 0 Å². The lowest BCUT2D eigenvalue weighted by Crippen LogP contribution is -2.80. The van der Waals surface area contributed by atoms with Crippen molar-refractivity contribution in [2.24, 2.45) is 56.7 Å². The van der Waals surface area contributed by atoms with Crippen LogP contribution in [0.4, 0.5) is 0 Å². The van der Waals surface area contributed by atoms with Crippen LogP contribution in [0.15, 0.2) is 0 Å². The van der Waals surface area contributed by atoms with Crippen LogP contribution in [0.5, 0.6) is 0 Å². The van der Waals surface area contributed by atoms with Crippen LogP contribution in [0.1, 0.15) is 99.8 Å². The van der Waals surface area contributed by atoms with Crippen LogP contribution < -0.4 is 0 Å². The predicted molar refractivity (Wildman–Crippen MR) is 143 cm³/mol. The molecule has 0 aromatic rings. The van der Waals surface area contributed by atoms with E-state index in [0.29, 0.717) is 12.8 Å². The Morgan fingerprint density at radius 1 is 0.789 bits per heavy atom. The third-order valence-electron chi connectivity index (χ3n) is 14.9. The smallest absolute Gasteiger partial charge is 0.339 e. The molecule has 0 amide bonds. The highest BCUT2D eigenvalue weighted by molar-refractivity contribution is 5.80. The van der Waals surface area contributed by atoms with Crippen LogP contribution in [-0.4, -0.2) is 66.6 Å². The van der Waals surface area contributed by atoms with Gasteiger partial charge in [-0.3, -0.25) is 0 Å². The van der Waals surface area contributed by atoms with E-state index in [9.17, 15) is 35.4 Å². The van der Waals surface area contributed by atoms with Crippen molar-refractivity contribution in [1.82, 2.24) is 0 Å². The lowest BCUT2D eigenvalue weighted by atomic mass is 9.29. The number of aliphatic carboxylic acids is 1. The fraction of sp³-hybridized carbons (Fsp3) is 0.968. The molecule has 0 saturated heterocycles. The number of aliphatic hydroxyl groups is 5. The first-order valence-corrected chi connectivity index (χ1v) is 15.0. The van der Waals surface area contributed by atoms with Crippen molar-refractivity contribution >= 4 is 5.97 Å². The average Bonchev–Trinajstić information content (AvgIpc) is 2.84. The standard InChI is InChI=1S/C31H52O7/c1-17-10-12-25(2)14-15-27(4)18(21(25)30(17,7)37)8-9-20-28(27,5)13-11-19-26(3,16-32)22(33)23(34)31(38,24(35)36)29(19,20)6/h17-23,32-34,37-38H,8-16H2,1-7H3,(H,35,36)/t17-,18-,19+,20+,21+,22?,23?,25-,26?,27-,28-,29+,30-,31?/m1/s1. The summed E-state index contributed by atoms with van der Waals surface area (Å²) in [7, 11) is 0. The van der Waals surface area contributed by atoms with E-state index in [1.807, 2.05) is 13.8 Å². The number of aliphatic hydroxyl groups excluding tert-OH is 3. The second-order valence-electron chi connectivity index (χ2n) is 15.9. The second-order valence-corrected chi connectivity index (χ2v) is 15.9. The van der Waals surface area contributed by atoms with Gasteiger partial charge < -0.3 is 30.6 Å². The maximum atomic E-state index is 12.9. The Morgan fingerprint density at radius 2 is 1.42 bits per heavy atom. The van der Waals surface area contributed by atoms with Gasteiger partial charge in [0.05, 0.1) is 18.3 Å². The van der Waals surface area contributed by atoms with Crippen LogP contribution in [0.25, 0.3) is 0 Å². The summed E-state index contributed by atoms with van der Waals surface area (Å²) in [6, 6.07) is 0. The summed E-state index contributed by atoms with van der Waals surface area (Å²) in [6.45, 7) is 14.3. The summed E-state index contributed by atoms with van der Waals surface area (Å²) in [6.07, 6.45) is 3.50. The minimum absolute atomic E-state index is 0.0624. The maximum absolute atomic E-state index is 12.9. The highest BCUT2D eigenvalue weighted by atomic mass is 16.4. The van der Waals surface area contributed by atoms with Crippen molar-refractivity contribution in [2.45, 2.75) is 123 Å². The SMILES string of the molecule is C[C@@H]1CC[C@]2(C)CC[C@]3(C)[C@H](CC[C@@H]4[C@]5(C)[C@@H](CC[C@]43C)C(C)(CO)C(O)C(O)C5(O)C(=O)O)[C@@H]2[C@]1(C)O. The Balaban J connectivity index is 1.66. The second kappa shape index (κ2) is 8.18. The zero-order chi connectivity index (χ0) is 28.5. The molecule has 7 nitrogen and oxygen atoms in total. The molecule has 14 atom stereocenters. The number of hydrogen-bond donors (Lipinski definition) is 6. The van der Waals surface area contributed by atoms with Crippen LogP contribution >= 0.6 is 0 Å². The van der Waals surface area contributed by atoms with Crippen molar-refractivity contribution in [3.8, 4) is 0 Å². The molecule has 0 heterocycles. The van der Waals surface area contributed by atoms with Gasteiger partial charge in [0.25, 0.3) is 0 Å². The van der Waals surface area contributed by atoms with Crippen LogP contribution in [0.2, 0.25) is 0 Å². The number of rotatable bonds is 2. The molecule has 5 aliphatic rings. The molecule has 6 N–H and O–H groups in total. The van der Waals surface area contributed by atoms with Crippen LogP contribution in [0.3, 0.4) is 0 Å². The lowest BCUT2D eigenvalue weighted by Gasteiger charge is -2.76. The van der Waals surface area contributed by atoms with Gasteiger partial charge in [-0.25, -0.2) is 4.79 Å². The van der Waals surface area contributed by atoms with Crippen molar-refractivity contribution in [3.05, 3.63) is 0 Å². The fourth-order valence-corrected chi connectivity index (χ4v) is 12.2. The number of carbonyl (C=O) groups is 1. The predicted octanol–water partition coefficient (Wildman–Crippen LogP) is 3.59. The number of carboxylic acid groups (broad SMARTS) is 1. The third kappa shape index (κ3) is 2.96. The van der Waals surface area contributed by atoms with E-state index in [1.165, 1.54) is 0 Å². The molecule has 0 spiro atoms. The molecule has 218 valence electrons. The van der Waals surface area contributed by atoms with E-state index in [4.69, 9.17) is 0 Å². The molecule has 5 aliphatic carbocycles. The Bertz CT molecular complexity index is 994. The molecule has 0 aromatic carbocycles. The zero-order valence-corrected chi connectivity index (χ0v) is 24.5. The molecule has 0 bridgehead atoms. The Kier molecular flexibility index (Phi) is 6.20. The van der Waals surface area contributed by atoms with E-state index in [2.05, 4.69) is 27.7 Å². The van der Waals surface area contributed by atoms with Gasteiger partial charge in [-0.1, -0.05) is 41.5 Å². The molecular weight excluding hydrogens is 484 g/mol. The molecule has 7 heteroatoms. The molecular formula is C31H52O7. The summed E-state index contributed by atoms with van der Waals surface area (Å²) in [4.78, 5) is 12.9. The molecule has 4 unspecified atom stereocenters. The Morgan fingerprint density at radius 3 is 2.00 bits per heavy atom. The van der Waals surface area contributed by atoms with E-state index in [1.54, 1.807) is 6.92 Å². The van der Waals surface area contributed by atoms with Crippen molar-refractivity contribution in [2.75, 3.05) is 6.61 Å². The molecule has 5 rings (SSSR count). The summed E-state index contributed by atoms with van der Waals surface area (Å²) in [5.41, 5.74) is -6.21. The number of hydrogen-bond acceptors (Lipinski definition) is 6. The third-order valence-corrected chi connectivity index (χ3v) is 14.9. The lowest BCUT2D eigenvalue weighted by molar-refractivity contribution is -0.339. The average molecular weight is 537 g/mol. The van der Waals surface area contributed by atoms with E-state index in [0.717, 1.165) is 38.5 Å². The monoisotopic (exact) mass is 536 g/mol. The molecule has 0 aliphatic heterocycles. The first-order valence-electron chi connectivity index (χ1n) is 15.0. The number of carboxylic acids is 1.